The Morgan fingerprint density at radius 2 is 0.250 bits per heavy atom. The standard InChI is InChI=1S/4Al.4O/q4*+3;4*-2. The SMILES string of the molecule is [Al+3].[Al+3].[Al+3].[Al+3].[O-2].[O-2].[O-2].[O-2]. The molecule has 4 nitrogen and oxygen atoms in total. The van der Waals surface area contributed by atoms with Crippen LogP contribution < -0.4 is 0 Å². The molecule has 8 heavy (non-hydrogen) atoms. The zero-order valence-electron chi connectivity index (χ0n) is 3.94. The van der Waals surface area contributed by atoms with Crippen molar-refractivity contribution in [1.29, 1.82) is 0 Å². The van der Waals surface area contributed by atoms with Crippen LogP contribution in [0.4, 0.5) is 0 Å². The summed E-state index contributed by atoms with van der Waals surface area (Å²) in [4.78, 5) is 0. The Morgan fingerprint density at radius 1 is 0.250 bits per heavy atom. The summed E-state index contributed by atoms with van der Waals surface area (Å²) in [5.41, 5.74) is 0. The zero-order valence-corrected chi connectivity index (χ0v) is 8.56. The molecule has 0 aliphatic rings. The van der Waals surface area contributed by atoms with Crippen molar-refractivity contribution in [3.63, 3.8) is 0 Å². The van der Waals surface area contributed by atoms with E-state index >= 15 is 0 Å². The topological polar surface area (TPSA) is 114 Å². The molecule has 0 saturated carbocycles. The van der Waals surface area contributed by atoms with E-state index in [9.17, 15) is 0 Å². The molecule has 32 valence electrons. The predicted octanol–water partition coefficient (Wildman–Crippen LogP) is -2.00. The van der Waals surface area contributed by atoms with Gasteiger partial charge in [0.1, 0.15) is 0 Å². The Morgan fingerprint density at radius 3 is 0.250 bits per heavy atom. The number of rotatable bonds is 0. The minimum absolute atomic E-state index is 0. The van der Waals surface area contributed by atoms with Crippen molar-refractivity contribution in [2.24, 2.45) is 0 Å². The third kappa shape index (κ3) is 99.8. The van der Waals surface area contributed by atoms with Crippen LogP contribution in [0.2, 0.25) is 0 Å². The Labute approximate surface area is 90.8 Å². The maximum Gasteiger partial charge on any atom is 3.00 e. The summed E-state index contributed by atoms with van der Waals surface area (Å²) in [6.07, 6.45) is 0. The molecule has 0 spiro atoms. The summed E-state index contributed by atoms with van der Waals surface area (Å²) < 4.78 is 0. The summed E-state index contributed by atoms with van der Waals surface area (Å²) in [7, 11) is 0. The van der Waals surface area contributed by atoms with Gasteiger partial charge in [0.15, 0.2) is 0 Å². The zero-order chi connectivity index (χ0) is 0. The second kappa shape index (κ2) is 147. The van der Waals surface area contributed by atoms with Gasteiger partial charge in [0, 0.05) is 0 Å². The normalized spacial score (nSPS) is 0. The van der Waals surface area contributed by atoms with Gasteiger partial charge in [-0.1, -0.05) is 0 Å². The van der Waals surface area contributed by atoms with Gasteiger partial charge in [-0.2, -0.15) is 0 Å². The van der Waals surface area contributed by atoms with Crippen molar-refractivity contribution in [2.75, 3.05) is 0 Å². The first-order chi connectivity index (χ1) is 0. The minimum Gasteiger partial charge on any atom is -2.00 e. The Kier molecular flexibility index (Phi) is 3790. The van der Waals surface area contributed by atoms with E-state index in [1.807, 2.05) is 0 Å². The van der Waals surface area contributed by atoms with Crippen molar-refractivity contribution < 1.29 is 21.9 Å². The van der Waals surface area contributed by atoms with Crippen molar-refractivity contribution in [2.45, 2.75) is 0 Å². The Bertz CT molecular complexity index is 8.00. The number of hydrogen-bond donors (Lipinski definition) is 0. The first-order valence-electron chi connectivity index (χ1n) is 0. The molecule has 0 aliphatic carbocycles. The van der Waals surface area contributed by atoms with Crippen molar-refractivity contribution >= 4 is 69.4 Å². The average Bonchev–Trinajstić information content (AvgIpc) is 0. The second-order valence-corrected chi connectivity index (χ2v) is 0. The molecule has 0 saturated heterocycles. The van der Waals surface area contributed by atoms with Gasteiger partial charge in [-0.3, -0.25) is 0 Å². The summed E-state index contributed by atoms with van der Waals surface area (Å²) in [6, 6.07) is 0. The van der Waals surface area contributed by atoms with Crippen molar-refractivity contribution in [3.8, 4) is 0 Å². The van der Waals surface area contributed by atoms with Crippen molar-refractivity contribution in [1.82, 2.24) is 0 Å². The van der Waals surface area contributed by atoms with Crippen LogP contribution in [0.5, 0.6) is 0 Å². The quantitative estimate of drug-likeness (QED) is 0.376. The van der Waals surface area contributed by atoms with Gasteiger partial charge >= 0.3 is 69.4 Å². The van der Waals surface area contributed by atoms with E-state index in [4.69, 9.17) is 0 Å². The smallest absolute Gasteiger partial charge is 2.00 e. The van der Waals surface area contributed by atoms with Crippen LogP contribution in [-0.4, -0.2) is 69.4 Å². The maximum absolute atomic E-state index is 0. The van der Waals surface area contributed by atoms with E-state index in [0.717, 1.165) is 0 Å². The molecule has 0 aromatic heterocycles. The van der Waals surface area contributed by atoms with E-state index in [2.05, 4.69) is 0 Å². The van der Waals surface area contributed by atoms with Gasteiger partial charge in [-0.25, -0.2) is 0 Å². The van der Waals surface area contributed by atoms with Crippen molar-refractivity contribution in [3.05, 3.63) is 0 Å². The second-order valence-electron chi connectivity index (χ2n) is 0. The first-order valence-corrected chi connectivity index (χ1v) is 0. The molecule has 0 aliphatic heterocycles. The molecule has 0 bridgehead atoms. The van der Waals surface area contributed by atoms with E-state index in [1.54, 1.807) is 0 Å². The first kappa shape index (κ1) is 207. The van der Waals surface area contributed by atoms with Gasteiger partial charge in [0.25, 0.3) is 0 Å². The minimum atomic E-state index is 0. The largest absolute Gasteiger partial charge is 3.00 e. The predicted molar refractivity (Wildman–Crippen MR) is 25.8 cm³/mol. The van der Waals surface area contributed by atoms with Crippen LogP contribution in [0.3, 0.4) is 0 Å². The molecule has 0 amide bonds. The molecule has 0 N–H and O–H groups in total. The maximum atomic E-state index is 0. The van der Waals surface area contributed by atoms with Crippen LogP contribution in [-0.2, 0) is 21.9 Å². The van der Waals surface area contributed by atoms with Crippen LogP contribution in [0.1, 0.15) is 0 Å². The fourth-order valence-electron chi connectivity index (χ4n) is 0. The fourth-order valence-corrected chi connectivity index (χ4v) is 0. The molecule has 8 heteroatoms. The summed E-state index contributed by atoms with van der Waals surface area (Å²) in [6.45, 7) is 0. The van der Waals surface area contributed by atoms with Gasteiger partial charge < -0.3 is 21.9 Å². The summed E-state index contributed by atoms with van der Waals surface area (Å²) in [5, 5.41) is 0. The van der Waals surface area contributed by atoms with Crippen LogP contribution in [0.15, 0.2) is 0 Å². The van der Waals surface area contributed by atoms with Gasteiger partial charge in [-0.05, 0) is 0 Å². The van der Waals surface area contributed by atoms with Gasteiger partial charge in [0.2, 0.25) is 0 Å². The molecule has 0 rings (SSSR count). The Hall–Kier alpha value is 1.97. The molecule has 0 aromatic carbocycles. The van der Waals surface area contributed by atoms with E-state index in [1.165, 1.54) is 0 Å². The number of hydrogen-bond acceptors (Lipinski definition) is 0. The van der Waals surface area contributed by atoms with E-state index in [0.29, 0.717) is 0 Å². The van der Waals surface area contributed by atoms with Gasteiger partial charge in [-0.15, -0.1) is 0 Å². The molecule has 0 unspecified atom stereocenters. The van der Waals surface area contributed by atoms with Crippen LogP contribution in [0.25, 0.3) is 0 Å². The summed E-state index contributed by atoms with van der Waals surface area (Å²) >= 11 is 0. The third-order valence-corrected chi connectivity index (χ3v) is 0. The molecule has 0 atom stereocenters. The van der Waals surface area contributed by atoms with Crippen LogP contribution >= 0.6 is 0 Å². The average molecular weight is 172 g/mol. The monoisotopic (exact) mass is 172 g/mol. The molecular formula is Al4O4+4. The molecule has 0 radical (unpaired) electrons. The molecule has 0 fully saturated rings. The van der Waals surface area contributed by atoms with E-state index in [-0.39, 0.29) is 91.3 Å². The third-order valence-electron chi connectivity index (χ3n) is 0. The molecule has 0 heterocycles. The molecular weight excluding hydrogens is 172 g/mol. The fraction of sp³-hybridized carbons (Fsp3) is 0. The molecule has 0 aromatic rings. The van der Waals surface area contributed by atoms with Crippen LogP contribution in [0, 0.1) is 0 Å². The summed E-state index contributed by atoms with van der Waals surface area (Å²) in [5.74, 6) is 0. The Balaban J connectivity index is 0. The van der Waals surface area contributed by atoms with E-state index < -0.39 is 0 Å². The van der Waals surface area contributed by atoms with Gasteiger partial charge in [0.05, 0.1) is 0 Å².